The van der Waals surface area contributed by atoms with Gasteiger partial charge in [0, 0.05) is 10.8 Å². The van der Waals surface area contributed by atoms with Gasteiger partial charge >= 0.3 is 5.97 Å². The molecule has 0 amide bonds. The van der Waals surface area contributed by atoms with Crippen molar-refractivity contribution in [2.75, 3.05) is 6.61 Å². The van der Waals surface area contributed by atoms with Crippen molar-refractivity contribution in [3.8, 4) is 0 Å². The Morgan fingerprint density at radius 3 is 1.81 bits per heavy atom. The number of aromatic nitrogens is 4. The molecule has 2 aromatic heterocycles. The predicted molar refractivity (Wildman–Crippen MR) is 150 cm³/mol. The number of hydrogen-bond donors (Lipinski definition) is 1. The van der Waals surface area contributed by atoms with Crippen LogP contribution in [0.15, 0.2) is 55.2 Å². The molecule has 0 atom stereocenters. The van der Waals surface area contributed by atoms with Crippen molar-refractivity contribution in [2.45, 2.75) is 53.3 Å². The van der Waals surface area contributed by atoms with Gasteiger partial charge in [-0.1, -0.05) is 18.2 Å². The summed E-state index contributed by atoms with van der Waals surface area (Å²) >= 11 is 6.72. The van der Waals surface area contributed by atoms with E-state index in [9.17, 15) is 14.4 Å². The fraction of sp³-hybridized carbons (Fsp3) is 0.346. The van der Waals surface area contributed by atoms with Crippen molar-refractivity contribution in [1.82, 2.24) is 19.6 Å². The molecule has 196 valence electrons. The normalized spacial score (nSPS) is 11.2. The molecule has 2 heterocycles. The fourth-order valence-corrected chi connectivity index (χ4v) is 4.66. The maximum Gasteiger partial charge on any atom is 0.338 e. The minimum absolute atomic E-state index is 0.000910. The number of aliphatic hydroxyl groups excluding tert-OH is 1. The second-order valence-corrected chi connectivity index (χ2v) is 10.3. The standard InChI is InChI=1S/C14H15BrN2O3.C12H13BrN2O2/c1-4-20-14(19)9-5-6-10-11(7-9)13(18)17(8(2)3)16-12(10)15;1-7(2)15-12(17)10-5-8(6-16)3-4-9(10)11(13)14-15/h5-8H,4H2,1-3H3;3-5,7,16H,6H2,1-2H3. The summed E-state index contributed by atoms with van der Waals surface area (Å²) in [6.45, 7) is 9.53. The van der Waals surface area contributed by atoms with Crippen molar-refractivity contribution in [3.05, 3.63) is 77.4 Å². The van der Waals surface area contributed by atoms with Crippen LogP contribution in [0, 0.1) is 0 Å². The van der Waals surface area contributed by atoms with Crippen molar-refractivity contribution in [1.29, 1.82) is 0 Å². The number of hydrogen-bond acceptors (Lipinski definition) is 7. The minimum atomic E-state index is -0.433. The Bertz CT molecular complexity index is 1580. The highest BCUT2D eigenvalue weighted by atomic mass is 79.9. The zero-order valence-corrected chi connectivity index (χ0v) is 24.3. The van der Waals surface area contributed by atoms with E-state index < -0.39 is 5.97 Å². The minimum Gasteiger partial charge on any atom is -0.462 e. The summed E-state index contributed by atoms with van der Waals surface area (Å²) in [6, 6.07) is 10.1. The van der Waals surface area contributed by atoms with Crippen LogP contribution < -0.4 is 11.1 Å². The van der Waals surface area contributed by atoms with Crippen LogP contribution in [0.25, 0.3) is 21.5 Å². The molecule has 0 fully saturated rings. The maximum atomic E-state index is 12.4. The number of rotatable bonds is 5. The zero-order chi connectivity index (χ0) is 27.4. The molecule has 11 heteroatoms. The van der Waals surface area contributed by atoms with E-state index in [0.29, 0.717) is 37.5 Å². The van der Waals surface area contributed by atoms with Crippen LogP contribution in [-0.4, -0.2) is 37.2 Å². The maximum absolute atomic E-state index is 12.4. The molecule has 0 saturated carbocycles. The zero-order valence-electron chi connectivity index (χ0n) is 21.2. The lowest BCUT2D eigenvalue weighted by atomic mass is 10.1. The number of aliphatic hydroxyl groups is 1. The molecular weight excluding hydrogens is 608 g/mol. The third-order valence-corrected chi connectivity index (χ3v) is 6.66. The Kier molecular flexibility index (Phi) is 9.38. The summed E-state index contributed by atoms with van der Waals surface area (Å²) in [5, 5.41) is 20.0. The quantitative estimate of drug-likeness (QED) is 0.302. The van der Waals surface area contributed by atoms with Gasteiger partial charge in [-0.15, -0.1) is 0 Å². The number of carbonyl (C=O) groups is 1. The molecule has 4 aromatic rings. The molecule has 37 heavy (non-hydrogen) atoms. The van der Waals surface area contributed by atoms with Crippen LogP contribution in [0.3, 0.4) is 0 Å². The number of benzene rings is 2. The molecule has 0 aliphatic rings. The van der Waals surface area contributed by atoms with Crippen molar-refractivity contribution >= 4 is 59.4 Å². The summed E-state index contributed by atoms with van der Waals surface area (Å²) in [7, 11) is 0. The van der Waals surface area contributed by atoms with Gasteiger partial charge in [0.15, 0.2) is 0 Å². The first-order chi connectivity index (χ1) is 17.5. The summed E-state index contributed by atoms with van der Waals surface area (Å²) in [4.78, 5) is 36.3. The van der Waals surface area contributed by atoms with E-state index in [0.717, 1.165) is 10.9 Å². The Balaban J connectivity index is 0.000000208. The second-order valence-electron chi connectivity index (χ2n) is 8.79. The summed E-state index contributed by atoms with van der Waals surface area (Å²) in [6.07, 6.45) is 0. The lowest BCUT2D eigenvalue weighted by Crippen LogP contribution is -2.25. The summed E-state index contributed by atoms with van der Waals surface area (Å²) in [5.74, 6) is -0.433. The molecule has 9 nitrogen and oxygen atoms in total. The van der Waals surface area contributed by atoms with E-state index in [1.54, 1.807) is 43.3 Å². The van der Waals surface area contributed by atoms with Gasteiger partial charge in [0.2, 0.25) is 0 Å². The largest absolute Gasteiger partial charge is 0.462 e. The molecule has 0 saturated heterocycles. The van der Waals surface area contributed by atoms with Crippen molar-refractivity contribution in [3.63, 3.8) is 0 Å². The molecule has 0 spiro atoms. The van der Waals surface area contributed by atoms with Gasteiger partial charge < -0.3 is 9.84 Å². The smallest absolute Gasteiger partial charge is 0.338 e. The van der Waals surface area contributed by atoms with Crippen LogP contribution >= 0.6 is 31.9 Å². The molecule has 2 aromatic carbocycles. The third-order valence-electron chi connectivity index (χ3n) is 5.49. The van der Waals surface area contributed by atoms with Gasteiger partial charge in [0.25, 0.3) is 11.1 Å². The Morgan fingerprint density at radius 2 is 1.35 bits per heavy atom. The number of nitrogens with zero attached hydrogens (tertiary/aromatic N) is 4. The van der Waals surface area contributed by atoms with Crippen LogP contribution in [-0.2, 0) is 11.3 Å². The third kappa shape index (κ3) is 6.16. The van der Waals surface area contributed by atoms with E-state index in [1.807, 2.05) is 27.7 Å². The first-order valence-corrected chi connectivity index (χ1v) is 13.3. The number of halogens is 2. The molecule has 0 aliphatic carbocycles. The van der Waals surface area contributed by atoms with Crippen LogP contribution in [0.1, 0.15) is 62.6 Å². The predicted octanol–water partition coefficient (Wildman–Crippen LogP) is 5.15. The van der Waals surface area contributed by atoms with Crippen LogP contribution in [0.2, 0.25) is 0 Å². The van der Waals surface area contributed by atoms with Crippen LogP contribution in [0.5, 0.6) is 0 Å². The first-order valence-electron chi connectivity index (χ1n) is 11.7. The van der Waals surface area contributed by atoms with Crippen molar-refractivity contribution < 1.29 is 14.6 Å². The second kappa shape index (κ2) is 12.1. The molecule has 0 aliphatic heterocycles. The first kappa shape index (κ1) is 28.7. The Morgan fingerprint density at radius 1 is 0.865 bits per heavy atom. The Labute approximate surface area is 230 Å². The molecule has 0 radical (unpaired) electrons. The Hall–Kier alpha value is -2.89. The number of ether oxygens (including phenoxy) is 1. The van der Waals surface area contributed by atoms with Gasteiger partial charge in [0.1, 0.15) is 9.21 Å². The highest BCUT2D eigenvalue weighted by Crippen LogP contribution is 2.22. The van der Waals surface area contributed by atoms with E-state index >= 15 is 0 Å². The SMILES string of the molecule is CC(C)n1nc(Br)c2ccc(CO)cc2c1=O.CCOC(=O)c1ccc2c(Br)nn(C(C)C)c(=O)c2c1. The van der Waals surface area contributed by atoms with E-state index in [2.05, 4.69) is 42.1 Å². The van der Waals surface area contributed by atoms with Crippen LogP contribution in [0.4, 0.5) is 0 Å². The lowest BCUT2D eigenvalue weighted by molar-refractivity contribution is 0.0526. The van der Waals surface area contributed by atoms with E-state index in [1.165, 1.54) is 9.36 Å². The van der Waals surface area contributed by atoms with Crippen molar-refractivity contribution in [2.24, 2.45) is 0 Å². The van der Waals surface area contributed by atoms with Gasteiger partial charge in [-0.05, 0) is 90.2 Å². The topological polar surface area (TPSA) is 116 Å². The average Bonchev–Trinajstić information content (AvgIpc) is 2.87. The average molecular weight is 636 g/mol. The fourth-order valence-electron chi connectivity index (χ4n) is 3.62. The number of esters is 1. The lowest BCUT2D eigenvalue weighted by Gasteiger charge is -2.11. The summed E-state index contributed by atoms with van der Waals surface area (Å²) < 4.78 is 9.00. The monoisotopic (exact) mass is 634 g/mol. The number of fused-ring (bicyclic) bond motifs is 2. The highest BCUT2D eigenvalue weighted by molar-refractivity contribution is 9.10. The van der Waals surface area contributed by atoms with Gasteiger partial charge in [-0.3, -0.25) is 9.59 Å². The molecule has 0 bridgehead atoms. The molecule has 0 unspecified atom stereocenters. The molecular formula is C26H28Br2N4O5. The van der Waals surface area contributed by atoms with Gasteiger partial charge in [0.05, 0.1) is 41.6 Å². The van der Waals surface area contributed by atoms with E-state index in [-0.39, 0.29) is 29.8 Å². The summed E-state index contributed by atoms with van der Waals surface area (Å²) in [5.41, 5.74) is 0.741. The van der Waals surface area contributed by atoms with Gasteiger partial charge in [-0.25, -0.2) is 14.2 Å². The number of carbonyl (C=O) groups excluding carboxylic acids is 1. The van der Waals surface area contributed by atoms with E-state index in [4.69, 9.17) is 9.84 Å². The highest BCUT2D eigenvalue weighted by Gasteiger charge is 2.15. The molecule has 4 rings (SSSR count). The molecule has 1 N–H and O–H groups in total. The van der Waals surface area contributed by atoms with Gasteiger partial charge in [-0.2, -0.15) is 10.2 Å².